The molecule has 1 atom stereocenters. The zero-order valence-corrected chi connectivity index (χ0v) is 12.9. The summed E-state index contributed by atoms with van der Waals surface area (Å²) in [5.74, 6) is 0.766. The number of pyridine rings is 1. The van der Waals surface area contributed by atoms with Gasteiger partial charge in [-0.3, -0.25) is 9.88 Å². The Kier molecular flexibility index (Phi) is 3.79. The van der Waals surface area contributed by atoms with E-state index in [1.165, 1.54) is 25.0 Å². The van der Waals surface area contributed by atoms with E-state index in [1.54, 1.807) is 0 Å². The highest BCUT2D eigenvalue weighted by molar-refractivity contribution is 5.71. The van der Waals surface area contributed by atoms with Gasteiger partial charge in [0.15, 0.2) is 5.65 Å². The molecule has 5 heteroatoms. The maximum atomic E-state index is 13.1. The van der Waals surface area contributed by atoms with E-state index in [0.29, 0.717) is 6.42 Å². The maximum absolute atomic E-state index is 13.1. The van der Waals surface area contributed by atoms with E-state index in [1.807, 2.05) is 30.5 Å². The highest BCUT2D eigenvalue weighted by Gasteiger charge is 2.21. The van der Waals surface area contributed by atoms with Crippen molar-refractivity contribution in [2.45, 2.75) is 31.8 Å². The van der Waals surface area contributed by atoms with E-state index in [-0.39, 0.29) is 12.0 Å². The number of nitrogens with one attached hydrogen (secondary N) is 1. The fourth-order valence-corrected chi connectivity index (χ4v) is 3.27. The lowest BCUT2D eigenvalue weighted by Crippen LogP contribution is -2.32. The number of halogens is 1. The maximum Gasteiger partial charge on any atom is 0.161 e. The molecular weight excluding hydrogens is 291 g/mol. The van der Waals surface area contributed by atoms with Crippen LogP contribution >= 0.6 is 0 Å². The summed E-state index contributed by atoms with van der Waals surface area (Å²) >= 11 is 0. The molecule has 0 radical (unpaired) electrons. The number of fused-ring (bicyclic) bond motifs is 1. The molecule has 1 fully saturated rings. The van der Waals surface area contributed by atoms with Gasteiger partial charge in [-0.15, -0.1) is 0 Å². The van der Waals surface area contributed by atoms with Gasteiger partial charge in [0.2, 0.25) is 0 Å². The molecule has 3 aromatic rings. The molecule has 23 heavy (non-hydrogen) atoms. The molecule has 4 nitrogen and oxygen atoms in total. The van der Waals surface area contributed by atoms with Crippen LogP contribution in [0.2, 0.25) is 0 Å². The molecule has 1 N–H and O–H groups in total. The second-order valence-corrected chi connectivity index (χ2v) is 6.01. The SMILES string of the molecule is Fc1ccc(Cc2nc3cccnc3n2C2CCCCN2)cc1. The van der Waals surface area contributed by atoms with Crippen molar-refractivity contribution in [3.05, 3.63) is 59.8 Å². The van der Waals surface area contributed by atoms with Crippen LogP contribution in [0.15, 0.2) is 42.6 Å². The van der Waals surface area contributed by atoms with Crippen LogP contribution in [0.25, 0.3) is 11.2 Å². The molecule has 0 saturated carbocycles. The number of nitrogens with zero attached hydrogens (tertiary/aromatic N) is 3. The Morgan fingerprint density at radius 2 is 2.04 bits per heavy atom. The van der Waals surface area contributed by atoms with Crippen molar-refractivity contribution in [3.8, 4) is 0 Å². The minimum atomic E-state index is -0.210. The summed E-state index contributed by atoms with van der Waals surface area (Å²) in [7, 11) is 0. The van der Waals surface area contributed by atoms with E-state index < -0.39 is 0 Å². The highest BCUT2D eigenvalue weighted by Crippen LogP contribution is 2.25. The van der Waals surface area contributed by atoms with Gasteiger partial charge in [-0.1, -0.05) is 12.1 Å². The average molecular weight is 310 g/mol. The molecule has 1 saturated heterocycles. The standard InChI is InChI=1S/C18H19FN4/c19-14-8-6-13(7-9-14)12-17-22-15-4-3-11-21-18(15)23(17)16-5-1-2-10-20-16/h3-4,6-9,11,16,20H,1-2,5,10,12H2. The Bertz CT molecular complexity index is 804. The van der Waals surface area contributed by atoms with Crippen LogP contribution in [0.3, 0.4) is 0 Å². The monoisotopic (exact) mass is 310 g/mol. The zero-order chi connectivity index (χ0) is 15.6. The van der Waals surface area contributed by atoms with Crippen LogP contribution < -0.4 is 5.32 Å². The van der Waals surface area contributed by atoms with Crippen LogP contribution in [0, 0.1) is 5.82 Å². The van der Waals surface area contributed by atoms with Gasteiger partial charge in [-0.05, 0) is 55.6 Å². The fourth-order valence-electron chi connectivity index (χ4n) is 3.27. The lowest BCUT2D eigenvalue weighted by atomic mass is 10.1. The summed E-state index contributed by atoms with van der Waals surface area (Å²) in [4.78, 5) is 9.31. The topological polar surface area (TPSA) is 42.7 Å². The van der Waals surface area contributed by atoms with Crippen molar-refractivity contribution in [3.63, 3.8) is 0 Å². The third-order valence-electron chi connectivity index (χ3n) is 4.39. The number of hydrogen-bond donors (Lipinski definition) is 1. The van der Waals surface area contributed by atoms with Crippen molar-refractivity contribution in [1.82, 2.24) is 19.9 Å². The fraction of sp³-hybridized carbons (Fsp3) is 0.333. The molecule has 3 heterocycles. The van der Waals surface area contributed by atoms with E-state index in [9.17, 15) is 4.39 Å². The average Bonchev–Trinajstić information content (AvgIpc) is 2.95. The van der Waals surface area contributed by atoms with Gasteiger partial charge in [-0.2, -0.15) is 0 Å². The van der Waals surface area contributed by atoms with Crippen LogP contribution in [0.4, 0.5) is 4.39 Å². The molecule has 0 bridgehead atoms. The summed E-state index contributed by atoms with van der Waals surface area (Å²) in [5, 5.41) is 3.57. The van der Waals surface area contributed by atoms with E-state index >= 15 is 0 Å². The molecule has 0 spiro atoms. The minimum absolute atomic E-state index is 0.210. The predicted molar refractivity (Wildman–Crippen MR) is 87.6 cm³/mol. The predicted octanol–water partition coefficient (Wildman–Crippen LogP) is 3.43. The van der Waals surface area contributed by atoms with Crippen molar-refractivity contribution < 1.29 is 4.39 Å². The second kappa shape index (κ2) is 6.08. The third-order valence-corrected chi connectivity index (χ3v) is 4.39. The molecule has 0 aliphatic carbocycles. The molecule has 2 aromatic heterocycles. The summed E-state index contributed by atoms with van der Waals surface area (Å²) in [6.07, 6.45) is 6.22. The normalized spacial score (nSPS) is 18.4. The number of rotatable bonds is 3. The molecule has 1 unspecified atom stereocenters. The van der Waals surface area contributed by atoms with Gasteiger partial charge in [0, 0.05) is 12.6 Å². The lowest BCUT2D eigenvalue weighted by molar-refractivity contribution is 0.320. The van der Waals surface area contributed by atoms with Gasteiger partial charge in [0.1, 0.15) is 17.2 Å². The Hall–Kier alpha value is -2.27. The summed E-state index contributed by atoms with van der Waals surface area (Å²) < 4.78 is 15.3. The van der Waals surface area contributed by atoms with Crippen LogP contribution in [-0.2, 0) is 6.42 Å². The van der Waals surface area contributed by atoms with Crippen LogP contribution in [0.1, 0.15) is 36.8 Å². The first kappa shape index (κ1) is 14.3. The smallest absolute Gasteiger partial charge is 0.161 e. The lowest BCUT2D eigenvalue weighted by Gasteiger charge is -2.26. The first-order valence-electron chi connectivity index (χ1n) is 8.11. The van der Waals surface area contributed by atoms with Gasteiger partial charge < -0.3 is 0 Å². The van der Waals surface area contributed by atoms with Gasteiger partial charge in [0.25, 0.3) is 0 Å². The minimum Gasteiger partial charge on any atom is -0.297 e. The first-order chi connectivity index (χ1) is 11.3. The number of aromatic nitrogens is 3. The molecule has 1 aromatic carbocycles. The van der Waals surface area contributed by atoms with Crippen molar-refractivity contribution >= 4 is 11.2 Å². The summed E-state index contributed by atoms with van der Waals surface area (Å²) in [6.45, 7) is 1.02. The Morgan fingerprint density at radius 3 is 2.83 bits per heavy atom. The molecular formula is C18H19FN4. The van der Waals surface area contributed by atoms with Crippen LogP contribution in [-0.4, -0.2) is 21.1 Å². The Labute approximate surface area is 134 Å². The second-order valence-electron chi connectivity index (χ2n) is 6.01. The highest BCUT2D eigenvalue weighted by atomic mass is 19.1. The Balaban J connectivity index is 1.76. The Morgan fingerprint density at radius 1 is 1.17 bits per heavy atom. The van der Waals surface area contributed by atoms with Crippen molar-refractivity contribution in [1.29, 1.82) is 0 Å². The number of hydrogen-bond acceptors (Lipinski definition) is 3. The zero-order valence-electron chi connectivity index (χ0n) is 12.9. The quantitative estimate of drug-likeness (QED) is 0.806. The number of imidazole rings is 1. The number of benzene rings is 1. The summed E-state index contributed by atoms with van der Waals surface area (Å²) in [6, 6.07) is 10.5. The molecule has 0 amide bonds. The first-order valence-corrected chi connectivity index (χ1v) is 8.11. The number of piperidine rings is 1. The third kappa shape index (κ3) is 2.84. The van der Waals surface area contributed by atoms with Crippen molar-refractivity contribution in [2.75, 3.05) is 6.54 Å². The summed E-state index contributed by atoms with van der Waals surface area (Å²) in [5.41, 5.74) is 2.89. The largest absolute Gasteiger partial charge is 0.297 e. The van der Waals surface area contributed by atoms with E-state index in [2.05, 4.69) is 14.9 Å². The van der Waals surface area contributed by atoms with Gasteiger partial charge in [-0.25, -0.2) is 14.4 Å². The molecule has 1 aliphatic heterocycles. The molecule has 4 rings (SSSR count). The van der Waals surface area contributed by atoms with Crippen LogP contribution in [0.5, 0.6) is 0 Å². The molecule has 1 aliphatic rings. The van der Waals surface area contributed by atoms with E-state index in [4.69, 9.17) is 4.98 Å². The van der Waals surface area contributed by atoms with Gasteiger partial charge >= 0.3 is 0 Å². The van der Waals surface area contributed by atoms with E-state index in [0.717, 1.165) is 35.5 Å². The van der Waals surface area contributed by atoms with Gasteiger partial charge in [0.05, 0.1) is 6.17 Å². The molecule has 118 valence electrons. The van der Waals surface area contributed by atoms with Crippen molar-refractivity contribution in [2.24, 2.45) is 0 Å².